The number of aromatic nitrogens is 3. The molecular weight excluding hydrogens is 475 g/mol. The maximum absolute atomic E-state index is 14.1. The van der Waals surface area contributed by atoms with E-state index in [1.807, 2.05) is 26.0 Å². The smallest absolute Gasteiger partial charge is 0.234 e. The fourth-order valence-corrected chi connectivity index (χ4v) is 6.91. The molecule has 2 bridgehead atoms. The second-order valence-electron chi connectivity index (χ2n) is 10.3. The van der Waals surface area contributed by atoms with Gasteiger partial charge in [0.15, 0.2) is 22.5 Å². The predicted molar refractivity (Wildman–Crippen MR) is 140 cm³/mol. The van der Waals surface area contributed by atoms with Crippen LogP contribution in [0, 0.1) is 37.4 Å². The number of fused-ring (bicyclic) bond motifs is 2. The lowest BCUT2D eigenvalue weighted by molar-refractivity contribution is -0.113. The summed E-state index contributed by atoms with van der Waals surface area (Å²) in [4.78, 5) is 12.7. The lowest BCUT2D eigenvalue weighted by Crippen LogP contribution is -2.25. The average molecular weight is 509 g/mol. The number of amides is 1. The molecule has 0 unspecified atom stereocenters. The molecule has 0 aliphatic heterocycles. The van der Waals surface area contributed by atoms with Crippen molar-refractivity contribution in [3.05, 3.63) is 65.2 Å². The molecule has 8 heteroatoms. The molecule has 3 aromatic rings. The lowest BCUT2D eigenvalue weighted by atomic mass is 9.84. The molecule has 2 saturated carbocycles. The van der Waals surface area contributed by atoms with E-state index in [0.29, 0.717) is 16.9 Å². The number of nitrogens with zero attached hydrogens (tertiary/aromatic N) is 3. The van der Waals surface area contributed by atoms with Gasteiger partial charge in [0.05, 0.1) is 5.75 Å². The van der Waals surface area contributed by atoms with Crippen molar-refractivity contribution >= 4 is 23.4 Å². The zero-order chi connectivity index (χ0) is 25.2. The third kappa shape index (κ3) is 5.43. The molecule has 36 heavy (non-hydrogen) atoms. The minimum absolute atomic E-state index is 0.0868. The van der Waals surface area contributed by atoms with Gasteiger partial charge >= 0.3 is 0 Å². The second kappa shape index (κ2) is 10.6. The molecular formula is C28H33FN4O2S. The first-order valence-corrected chi connectivity index (χ1v) is 13.7. The predicted octanol–water partition coefficient (Wildman–Crippen LogP) is 6.34. The monoisotopic (exact) mass is 508 g/mol. The Kier molecular flexibility index (Phi) is 7.32. The summed E-state index contributed by atoms with van der Waals surface area (Å²) in [5, 5.41) is 12.5. The number of ether oxygens (including phenoxy) is 1. The van der Waals surface area contributed by atoms with Crippen LogP contribution >= 0.6 is 11.8 Å². The highest BCUT2D eigenvalue weighted by atomic mass is 32.2. The van der Waals surface area contributed by atoms with Crippen molar-refractivity contribution in [1.29, 1.82) is 0 Å². The zero-order valence-electron chi connectivity index (χ0n) is 21.0. The highest BCUT2D eigenvalue weighted by molar-refractivity contribution is 7.99. The molecule has 0 radical (unpaired) electrons. The maximum Gasteiger partial charge on any atom is 0.234 e. The fourth-order valence-electron chi connectivity index (χ4n) is 6.07. The Morgan fingerprint density at radius 1 is 1.17 bits per heavy atom. The van der Waals surface area contributed by atoms with E-state index >= 15 is 0 Å². The van der Waals surface area contributed by atoms with E-state index in [0.717, 1.165) is 28.7 Å². The van der Waals surface area contributed by atoms with Crippen LogP contribution in [0.3, 0.4) is 0 Å². The van der Waals surface area contributed by atoms with Crippen molar-refractivity contribution in [2.75, 3.05) is 11.1 Å². The van der Waals surface area contributed by atoms with Crippen molar-refractivity contribution in [3.8, 4) is 5.75 Å². The molecule has 4 atom stereocenters. The van der Waals surface area contributed by atoms with E-state index in [1.165, 1.54) is 43.5 Å². The molecule has 2 aliphatic carbocycles. The highest BCUT2D eigenvalue weighted by Gasteiger charge is 2.43. The number of hydrogen-bond donors (Lipinski definition) is 1. The Bertz CT molecular complexity index is 1230. The number of nitrogens with one attached hydrogen (secondary N) is 1. The molecule has 2 aromatic carbocycles. The molecule has 0 saturated heterocycles. The Balaban J connectivity index is 1.32. The number of anilines is 1. The number of aryl methyl sites for hydroxylation is 2. The number of halogens is 1. The van der Waals surface area contributed by atoms with Crippen LogP contribution in [0.4, 0.5) is 10.1 Å². The summed E-state index contributed by atoms with van der Waals surface area (Å²) < 4.78 is 22.0. The Labute approximate surface area is 216 Å². The summed E-state index contributed by atoms with van der Waals surface area (Å²) in [5.74, 6) is 2.68. The molecule has 1 aromatic heterocycles. The molecule has 1 heterocycles. The summed E-state index contributed by atoms with van der Waals surface area (Å²) in [6.07, 6.45) is 5.14. The maximum atomic E-state index is 14.1. The summed E-state index contributed by atoms with van der Waals surface area (Å²) in [7, 11) is 0. The van der Waals surface area contributed by atoms with Gasteiger partial charge in [-0.2, -0.15) is 0 Å². The summed E-state index contributed by atoms with van der Waals surface area (Å²) in [5.41, 5.74) is 3.02. The zero-order valence-corrected chi connectivity index (χ0v) is 21.9. The van der Waals surface area contributed by atoms with Gasteiger partial charge in [-0.1, -0.05) is 36.4 Å². The van der Waals surface area contributed by atoms with Gasteiger partial charge in [-0.25, -0.2) is 4.39 Å². The van der Waals surface area contributed by atoms with Gasteiger partial charge in [-0.15, -0.1) is 10.2 Å². The number of hydrogen-bond acceptors (Lipinski definition) is 5. The lowest BCUT2D eigenvalue weighted by Gasteiger charge is -2.30. The molecule has 6 nitrogen and oxygen atoms in total. The van der Waals surface area contributed by atoms with Gasteiger partial charge in [0.25, 0.3) is 0 Å². The van der Waals surface area contributed by atoms with Crippen LogP contribution in [0.15, 0.2) is 47.6 Å². The molecule has 0 spiro atoms. The normalized spacial score (nSPS) is 21.5. The van der Waals surface area contributed by atoms with Crippen molar-refractivity contribution in [2.45, 2.75) is 64.3 Å². The van der Waals surface area contributed by atoms with Gasteiger partial charge in [-0.05, 0) is 93.2 Å². The van der Waals surface area contributed by atoms with E-state index in [-0.39, 0.29) is 30.1 Å². The van der Waals surface area contributed by atoms with E-state index in [1.54, 1.807) is 18.2 Å². The van der Waals surface area contributed by atoms with E-state index in [2.05, 4.69) is 33.1 Å². The number of thioether (sulfide) groups is 1. The van der Waals surface area contributed by atoms with Crippen LogP contribution in [0.5, 0.6) is 5.75 Å². The Hall–Kier alpha value is -2.87. The van der Waals surface area contributed by atoms with E-state index in [4.69, 9.17) is 4.74 Å². The van der Waals surface area contributed by atoms with Crippen molar-refractivity contribution in [3.63, 3.8) is 0 Å². The van der Waals surface area contributed by atoms with Crippen LogP contribution in [0.25, 0.3) is 0 Å². The molecule has 2 fully saturated rings. The van der Waals surface area contributed by atoms with Gasteiger partial charge in [0.1, 0.15) is 6.61 Å². The largest absolute Gasteiger partial charge is 0.483 e. The van der Waals surface area contributed by atoms with Crippen LogP contribution in [0.1, 0.15) is 55.6 Å². The summed E-state index contributed by atoms with van der Waals surface area (Å²) in [6, 6.07) is 12.6. The van der Waals surface area contributed by atoms with Crippen molar-refractivity contribution < 1.29 is 13.9 Å². The van der Waals surface area contributed by atoms with E-state index < -0.39 is 5.82 Å². The molecule has 190 valence electrons. The number of carbonyl (C=O) groups is 1. The minimum Gasteiger partial charge on any atom is -0.483 e. The molecule has 1 amide bonds. The first kappa shape index (κ1) is 24.8. The quantitative estimate of drug-likeness (QED) is 0.342. The third-order valence-corrected chi connectivity index (χ3v) is 8.53. The molecule has 1 N–H and O–H groups in total. The first-order valence-electron chi connectivity index (χ1n) is 12.7. The average Bonchev–Trinajstić information content (AvgIpc) is 3.57. The first-order chi connectivity index (χ1) is 17.4. The Morgan fingerprint density at radius 3 is 2.64 bits per heavy atom. The van der Waals surface area contributed by atoms with E-state index in [9.17, 15) is 9.18 Å². The van der Waals surface area contributed by atoms with Crippen molar-refractivity contribution in [2.24, 2.45) is 17.8 Å². The number of benzene rings is 2. The van der Waals surface area contributed by atoms with Gasteiger partial charge in [0.2, 0.25) is 5.91 Å². The fraction of sp³-hybridized carbons (Fsp3) is 0.464. The van der Waals surface area contributed by atoms with Gasteiger partial charge in [0, 0.05) is 11.7 Å². The number of para-hydroxylation sites is 1. The Morgan fingerprint density at radius 2 is 1.94 bits per heavy atom. The SMILES string of the molecule is Cc1cc(C)cc(NC(=O)CSc2nnc(COc3ccccc3F)n2[C@@H](C)[C@H]2C[C@@H]3CC[C@@H]2C3)c1. The van der Waals surface area contributed by atoms with Crippen LogP contribution < -0.4 is 10.1 Å². The summed E-state index contributed by atoms with van der Waals surface area (Å²) >= 11 is 1.38. The topological polar surface area (TPSA) is 69.0 Å². The van der Waals surface area contributed by atoms with Crippen LogP contribution in [-0.2, 0) is 11.4 Å². The van der Waals surface area contributed by atoms with Crippen LogP contribution in [0.2, 0.25) is 0 Å². The number of rotatable bonds is 9. The number of carbonyl (C=O) groups excluding carboxylic acids is 1. The molecule has 5 rings (SSSR count). The van der Waals surface area contributed by atoms with Crippen LogP contribution in [-0.4, -0.2) is 26.4 Å². The third-order valence-electron chi connectivity index (χ3n) is 7.59. The van der Waals surface area contributed by atoms with Gasteiger partial charge in [-0.3, -0.25) is 9.36 Å². The summed E-state index contributed by atoms with van der Waals surface area (Å²) in [6.45, 7) is 6.37. The standard InChI is InChI=1S/C28H33FN4O2S/c1-17-10-18(2)12-22(11-17)30-27(34)16-36-28-32-31-26(15-35-25-7-5-4-6-24(25)29)33(28)19(3)23-14-20-8-9-21(23)13-20/h4-7,10-12,19-21,23H,8-9,13-16H2,1-3H3,(H,30,34)/t19-,20+,21+,23+/m0/s1. The van der Waals surface area contributed by atoms with Gasteiger partial charge < -0.3 is 10.1 Å². The second-order valence-corrected chi connectivity index (χ2v) is 11.2. The minimum atomic E-state index is -0.401. The van der Waals surface area contributed by atoms with Crippen molar-refractivity contribution in [1.82, 2.24) is 14.8 Å². The molecule has 2 aliphatic rings. The highest BCUT2D eigenvalue weighted by Crippen LogP contribution is 2.52.